The van der Waals surface area contributed by atoms with Crippen LogP contribution in [-0.4, -0.2) is 5.11 Å². The quantitative estimate of drug-likeness (QED) is 0.689. The summed E-state index contributed by atoms with van der Waals surface area (Å²) in [5.41, 5.74) is 2.47. The number of hydrogen-bond acceptors (Lipinski definition) is 2. The average Bonchev–Trinajstić information content (AvgIpc) is 2.36. The zero-order chi connectivity index (χ0) is 7.84. The number of benzene rings is 1. The number of halogens is 1. The summed E-state index contributed by atoms with van der Waals surface area (Å²) in [7, 11) is 0. The van der Waals surface area contributed by atoms with Crippen molar-refractivity contribution in [2.24, 2.45) is 0 Å². The molecular weight excluding hydrogens is 206 g/mol. The first-order chi connectivity index (χ1) is 5.27. The maximum Gasteiger partial charge on any atom is 0.130 e. The van der Waals surface area contributed by atoms with E-state index in [-0.39, 0.29) is 0 Å². The number of aromatic hydroxyl groups is 1. The number of fused-ring (bicyclic) bond motifs is 1. The van der Waals surface area contributed by atoms with Gasteiger partial charge in [-0.1, -0.05) is 0 Å². The van der Waals surface area contributed by atoms with Crippen LogP contribution >= 0.6 is 15.9 Å². The van der Waals surface area contributed by atoms with Crippen molar-refractivity contribution in [1.29, 1.82) is 0 Å². The third-order valence-corrected chi connectivity index (χ3v) is 2.54. The normalized spacial score (nSPS) is 15.0. The highest BCUT2D eigenvalue weighted by atomic mass is 79.9. The molecule has 58 valence electrons. The van der Waals surface area contributed by atoms with Crippen molar-refractivity contribution in [3.8, 4) is 5.75 Å². The van der Waals surface area contributed by atoms with Crippen molar-refractivity contribution in [3.05, 3.63) is 27.7 Å². The number of hydrogen-bond donors (Lipinski definition) is 2. The van der Waals surface area contributed by atoms with Crippen molar-refractivity contribution >= 4 is 15.9 Å². The Morgan fingerprint density at radius 2 is 1.91 bits per heavy atom. The fourth-order valence-electron chi connectivity index (χ4n) is 1.31. The van der Waals surface area contributed by atoms with Crippen LogP contribution < -0.4 is 5.32 Å². The van der Waals surface area contributed by atoms with Crippen LogP contribution in [0.5, 0.6) is 5.75 Å². The Bertz CT molecular complexity index is 269. The van der Waals surface area contributed by atoms with Crippen molar-refractivity contribution in [3.63, 3.8) is 0 Å². The number of phenolic OH excluding ortho intramolecular Hbond substituents is 1. The van der Waals surface area contributed by atoms with Gasteiger partial charge in [-0.2, -0.15) is 0 Å². The fraction of sp³-hybridized carbons (Fsp3) is 0.250. The second-order valence-corrected chi connectivity index (χ2v) is 3.53. The van der Waals surface area contributed by atoms with Gasteiger partial charge in [0.1, 0.15) is 5.75 Å². The molecule has 1 aliphatic rings. The predicted molar refractivity (Wildman–Crippen MR) is 46.4 cm³/mol. The molecule has 2 rings (SSSR count). The molecule has 0 atom stereocenters. The topological polar surface area (TPSA) is 32.3 Å². The second kappa shape index (κ2) is 2.50. The molecule has 1 aliphatic heterocycles. The number of phenols is 1. The Labute approximate surface area is 73.4 Å². The molecule has 1 heterocycles. The van der Waals surface area contributed by atoms with E-state index in [0.29, 0.717) is 5.75 Å². The lowest BCUT2D eigenvalue weighted by Crippen LogP contribution is -1.99. The van der Waals surface area contributed by atoms with E-state index in [2.05, 4.69) is 21.2 Å². The van der Waals surface area contributed by atoms with Crippen LogP contribution in [0.4, 0.5) is 0 Å². The van der Waals surface area contributed by atoms with E-state index in [0.717, 1.165) is 17.6 Å². The van der Waals surface area contributed by atoms with Crippen LogP contribution in [0.25, 0.3) is 0 Å². The molecule has 0 aliphatic carbocycles. The summed E-state index contributed by atoms with van der Waals surface area (Å²) in [6.45, 7) is 1.78. The Morgan fingerprint density at radius 3 is 2.64 bits per heavy atom. The molecule has 3 heteroatoms. The fourth-order valence-corrected chi connectivity index (χ4v) is 1.70. The first-order valence-corrected chi connectivity index (χ1v) is 4.27. The number of rotatable bonds is 0. The number of nitrogens with one attached hydrogen (secondary N) is 1. The molecule has 0 saturated heterocycles. The molecule has 0 unspecified atom stereocenters. The monoisotopic (exact) mass is 213 g/mol. The van der Waals surface area contributed by atoms with E-state index >= 15 is 0 Å². The molecular formula is C8H8BrNO. The average molecular weight is 214 g/mol. The van der Waals surface area contributed by atoms with Gasteiger partial charge in [0.25, 0.3) is 0 Å². The summed E-state index contributed by atoms with van der Waals surface area (Å²) in [4.78, 5) is 0. The first-order valence-electron chi connectivity index (χ1n) is 3.48. The van der Waals surface area contributed by atoms with Crippen molar-refractivity contribution in [2.75, 3.05) is 0 Å². The van der Waals surface area contributed by atoms with Crippen LogP contribution in [0.3, 0.4) is 0 Å². The SMILES string of the molecule is Oc1cc2c(cc1Br)CNC2. The van der Waals surface area contributed by atoms with E-state index < -0.39 is 0 Å². The first kappa shape index (κ1) is 7.13. The molecule has 0 aromatic heterocycles. The molecule has 1 aromatic rings. The Kier molecular flexibility index (Phi) is 1.62. The molecule has 11 heavy (non-hydrogen) atoms. The summed E-state index contributed by atoms with van der Waals surface area (Å²) in [5, 5.41) is 12.5. The van der Waals surface area contributed by atoms with Gasteiger partial charge in [0.15, 0.2) is 0 Å². The lowest BCUT2D eigenvalue weighted by molar-refractivity contribution is 0.471. The maximum absolute atomic E-state index is 9.31. The molecule has 0 fully saturated rings. The van der Waals surface area contributed by atoms with Gasteiger partial charge in [0, 0.05) is 13.1 Å². The third kappa shape index (κ3) is 1.14. The van der Waals surface area contributed by atoms with E-state index in [1.165, 1.54) is 11.1 Å². The standard InChI is InChI=1S/C8H8BrNO/c9-7-1-5-3-10-4-6(5)2-8(7)11/h1-2,10-11H,3-4H2. The minimum Gasteiger partial charge on any atom is -0.507 e. The van der Waals surface area contributed by atoms with E-state index in [1.54, 1.807) is 6.07 Å². The molecule has 1 aromatic carbocycles. The molecule has 2 nitrogen and oxygen atoms in total. The summed E-state index contributed by atoms with van der Waals surface area (Å²) < 4.78 is 0.778. The second-order valence-electron chi connectivity index (χ2n) is 2.68. The zero-order valence-corrected chi connectivity index (χ0v) is 7.48. The zero-order valence-electron chi connectivity index (χ0n) is 5.89. The van der Waals surface area contributed by atoms with Gasteiger partial charge in [0.05, 0.1) is 4.47 Å². The lowest BCUT2D eigenvalue weighted by Gasteiger charge is -2.00. The third-order valence-electron chi connectivity index (χ3n) is 1.90. The minimum absolute atomic E-state index is 0.326. The van der Waals surface area contributed by atoms with Gasteiger partial charge < -0.3 is 10.4 Å². The van der Waals surface area contributed by atoms with Gasteiger partial charge >= 0.3 is 0 Å². The van der Waals surface area contributed by atoms with Crippen LogP contribution in [0.15, 0.2) is 16.6 Å². The van der Waals surface area contributed by atoms with Crippen molar-refractivity contribution in [2.45, 2.75) is 13.1 Å². The van der Waals surface area contributed by atoms with Gasteiger partial charge in [-0.25, -0.2) is 0 Å². The highest BCUT2D eigenvalue weighted by Crippen LogP contribution is 2.29. The molecule has 0 spiro atoms. The van der Waals surface area contributed by atoms with Crippen LogP contribution in [0, 0.1) is 0 Å². The van der Waals surface area contributed by atoms with Crippen LogP contribution in [-0.2, 0) is 13.1 Å². The van der Waals surface area contributed by atoms with Crippen molar-refractivity contribution < 1.29 is 5.11 Å². The molecule has 0 bridgehead atoms. The molecule has 0 radical (unpaired) electrons. The summed E-state index contributed by atoms with van der Waals surface area (Å²) >= 11 is 3.27. The predicted octanol–water partition coefficient (Wildman–Crippen LogP) is 1.76. The largest absolute Gasteiger partial charge is 0.507 e. The summed E-state index contributed by atoms with van der Waals surface area (Å²) in [5.74, 6) is 0.326. The van der Waals surface area contributed by atoms with E-state index in [4.69, 9.17) is 0 Å². The van der Waals surface area contributed by atoms with E-state index in [9.17, 15) is 5.11 Å². The van der Waals surface area contributed by atoms with Crippen molar-refractivity contribution in [1.82, 2.24) is 5.32 Å². The Balaban J connectivity index is 2.57. The Morgan fingerprint density at radius 1 is 1.27 bits per heavy atom. The Hall–Kier alpha value is -0.540. The summed E-state index contributed by atoms with van der Waals surface area (Å²) in [6.07, 6.45) is 0. The van der Waals surface area contributed by atoms with Gasteiger partial charge in [-0.15, -0.1) is 0 Å². The minimum atomic E-state index is 0.326. The highest BCUT2D eigenvalue weighted by Gasteiger charge is 2.11. The highest BCUT2D eigenvalue weighted by molar-refractivity contribution is 9.10. The van der Waals surface area contributed by atoms with Crippen LogP contribution in [0.2, 0.25) is 0 Å². The van der Waals surface area contributed by atoms with E-state index in [1.807, 2.05) is 6.07 Å². The molecule has 2 N–H and O–H groups in total. The van der Waals surface area contributed by atoms with Gasteiger partial charge in [0.2, 0.25) is 0 Å². The van der Waals surface area contributed by atoms with Gasteiger partial charge in [-0.05, 0) is 39.2 Å². The lowest BCUT2D eigenvalue weighted by atomic mass is 10.1. The summed E-state index contributed by atoms with van der Waals surface area (Å²) in [6, 6.07) is 3.77. The smallest absolute Gasteiger partial charge is 0.130 e. The molecule has 0 amide bonds. The van der Waals surface area contributed by atoms with Crippen LogP contribution in [0.1, 0.15) is 11.1 Å². The molecule has 0 saturated carbocycles. The maximum atomic E-state index is 9.31. The van der Waals surface area contributed by atoms with Gasteiger partial charge in [-0.3, -0.25) is 0 Å².